The van der Waals surface area contributed by atoms with Crippen molar-refractivity contribution in [3.8, 4) is 5.75 Å². The average molecular weight is 357 g/mol. The van der Waals surface area contributed by atoms with Crippen molar-refractivity contribution >= 4 is 6.03 Å². The summed E-state index contributed by atoms with van der Waals surface area (Å²) < 4.78 is 13.2. The molecule has 2 aromatic rings. The molecule has 5 nitrogen and oxygen atoms in total. The number of urea groups is 1. The van der Waals surface area contributed by atoms with Gasteiger partial charge in [0.05, 0.1) is 0 Å². The van der Waals surface area contributed by atoms with Crippen molar-refractivity contribution in [2.45, 2.75) is 32.0 Å². The summed E-state index contributed by atoms with van der Waals surface area (Å²) in [6.45, 7) is 2.61. The molecule has 0 spiro atoms. The van der Waals surface area contributed by atoms with Crippen molar-refractivity contribution in [1.82, 2.24) is 15.5 Å². The highest BCUT2D eigenvalue weighted by Crippen LogP contribution is 2.17. The Balaban J connectivity index is 1.67. The molecule has 1 aliphatic rings. The fraction of sp³-hybridized carbons (Fsp3) is 0.350. The number of aromatic hydroxyl groups is 1. The van der Waals surface area contributed by atoms with E-state index in [9.17, 15) is 14.3 Å². The van der Waals surface area contributed by atoms with Gasteiger partial charge in [0, 0.05) is 19.1 Å². The summed E-state index contributed by atoms with van der Waals surface area (Å²) in [5.41, 5.74) is 1.83. The zero-order valence-corrected chi connectivity index (χ0v) is 14.6. The number of hydrogen-bond donors (Lipinski definition) is 3. The lowest BCUT2D eigenvalue weighted by Crippen LogP contribution is -2.49. The maximum atomic E-state index is 13.2. The lowest BCUT2D eigenvalue weighted by Gasteiger charge is -2.35. The number of amides is 2. The van der Waals surface area contributed by atoms with E-state index in [0.717, 1.165) is 37.1 Å². The van der Waals surface area contributed by atoms with Crippen LogP contribution < -0.4 is 10.6 Å². The smallest absolute Gasteiger partial charge is 0.318 e. The zero-order valence-electron chi connectivity index (χ0n) is 14.6. The molecule has 1 fully saturated rings. The van der Waals surface area contributed by atoms with E-state index >= 15 is 0 Å². The molecule has 0 unspecified atom stereocenters. The van der Waals surface area contributed by atoms with Crippen LogP contribution in [0.3, 0.4) is 0 Å². The summed E-state index contributed by atoms with van der Waals surface area (Å²) in [6, 6.07) is 13.1. The second-order valence-electron chi connectivity index (χ2n) is 6.56. The highest BCUT2D eigenvalue weighted by atomic mass is 19.1. The minimum atomic E-state index is -0.279. The first-order chi connectivity index (χ1) is 12.6. The van der Waals surface area contributed by atoms with Gasteiger partial charge in [0.25, 0.3) is 0 Å². The lowest BCUT2D eigenvalue weighted by atomic mass is 10.0. The summed E-state index contributed by atoms with van der Waals surface area (Å²) in [6.07, 6.45) is 1.79. The minimum absolute atomic E-state index is 0.130. The highest BCUT2D eigenvalue weighted by Gasteiger charge is 2.25. The maximum absolute atomic E-state index is 13.2. The molecule has 0 atom stereocenters. The van der Waals surface area contributed by atoms with Crippen molar-refractivity contribution in [2.75, 3.05) is 13.1 Å². The van der Waals surface area contributed by atoms with Gasteiger partial charge >= 0.3 is 6.03 Å². The van der Waals surface area contributed by atoms with E-state index in [1.807, 2.05) is 4.90 Å². The summed E-state index contributed by atoms with van der Waals surface area (Å²) in [5, 5.41) is 15.6. The number of piperidine rings is 1. The number of benzene rings is 2. The Morgan fingerprint density at radius 2 is 1.69 bits per heavy atom. The van der Waals surface area contributed by atoms with Gasteiger partial charge in [-0.1, -0.05) is 24.3 Å². The van der Waals surface area contributed by atoms with Gasteiger partial charge in [-0.15, -0.1) is 0 Å². The maximum Gasteiger partial charge on any atom is 0.318 e. The molecular formula is C20H24FN3O2. The summed E-state index contributed by atoms with van der Waals surface area (Å²) in [4.78, 5) is 14.7. The van der Waals surface area contributed by atoms with Crippen LogP contribution >= 0.6 is 0 Å². The third-order valence-electron chi connectivity index (χ3n) is 4.66. The number of phenols is 1. The Morgan fingerprint density at radius 1 is 1.08 bits per heavy atom. The van der Waals surface area contributed by atoms with E-state index in [4.69, 9.17) is 0 Å². The van der Waals surface area contributed by atoms with Gasteiger partial charge in [-0.05, 0) is 61.3 Å². The highest BCUT2D eigenvalue weighted by molar-refractivity contribution is 5.74. The third kappa shape index (κ3) is 4.95. The van der Waals surface area contributed by atoms with Crippen molar-refractivity contribution in [1.29, 1.82) is 0 Å². The fourth-order valence-electron chi connectivity index (χ4n) is 3.16. The van der Waals surface area contributed by atoms with Gasteiger partial charge in [-0.2, -0.15) is 0 Å². The monoisotopic (exact) mass is 357 g/mol. The van der Waals surface area contributed by atoms with Gasteiger partial charge in [-0.25, -0.2) is 9.18 Å². The molecule has 3 rings (SSSR count). The van der Waals surface area contributed by atoms with Gasteiger partial charge in [0.1, 0.15) is 11.6 Å². The van der Waals surface area contributed by atoms with E-state index in [1.54, 1.807) is 36.4 Å². The number of carbonyl (C=O) groups excluding carboxylic acids is 1. The summed E-state index contributed by atoms with van der Waals surface area (Å²) in [7, 11) is 0. The number of nitrogens with one attached hydrogen (secondary N) is 2. The van der Waals surface area contributed by atoms with Gasteiger partial charge < -0.3 is 20.6 Å². The van der Waals surface area contributed by atoms with E-state index in [-0.39, 0.29) is 23.6 Å². The van der Waals surface area contributed by atoms with Crippen LogP contribution in [0.1, 0.15) is 24.0 Å². The molecule has 6 heteroatoms. The average Bonchev–Trinajstić information content (AvgIpc) is 2.67. The number of carbonyl (C=O) groups is 1. The SMILES string of the molecule is O=C(NCc1ccc(O)cc1)N(Cc1ccc(F)cc1)C1CCNCC1. The van der Waals surface area contributed by atoms with Crippen LogP contribution in [-0.2, 0) is 13.1 Å². The van der Waals surface area contributed by atoms with Gasteiger partial charge in [-0.3, -0.25) is 0 Å². The van der Waals surface area contributed by atoms with E-state index in [0.29, 0.717) is 13.1 Å². The molecule has 138 valence electrons. The van der Waals surface area contributed by atoms with Crippen molar-refractivity contribution in [2.24, 2.45) is 0 Å². The van der Waals surface area contributed by atoms with Crippen LogP contribution in [0.25, 0.3) is 0 Å². The molecule has 0 bridgehead atoms. The van der Waals surface area contributed by atoms with Crippen LogP contribution in [0.5, 0.6) is 5.75 Å². The third-order valence-corrected chi connectivity index (χ3v) is 4.66. The van der Waals surface area contributed by atoms with Crippen LogP contribution in [0, 0.1) is 5.82 Å². The standard InChI is InChI=1S/C20H24FN3O2/c21-17-5-1-16(2-6-17)14-24(18-9-11-22-12-10-18)20(26)23-13-15-3-7-19(25)8-4-15/h1-8,18,22,25H,9-14H2,(H,23,26). The van der Waals surface area contributed by atoms with Crippen LogP contribution in [0.15, 0.2) is 48.5 Å². The van der Waals surface area contributed by atoms with Crippen LogP contribution in [0.4, 0.5) is 9.18 Å². The Labute approximate surface area is 152 Å². The molecule has 0 aliphatic carbocycles. The van der Waals surface area contributed by atoms with E-state index < -0.39 is 0 Å². The molecule has 26 heavy (non-hydrogen) atoms. The molecule has 0 aromatic heterocycles. The van der Waals surface area contributed by atoms with Gasteiger partial charge in [0.2, 0.25) is 0 Å². The quantitative estimate of drug-likeness (QED) is 0.771. The Hall–Kier alpha value is -2.60. The Morgan fingerprint density at radius 3 is 2.35 bits per heavy atom. The first kappa shape index (κ1) is 18.2. The zero-order chi connectivity index (χ0) is 18.4. The van der Waals surface area contributed by atoms with Crippen LogP contribution in [0.2, 0.25) is 0 Å². The first-order valence-corrected chi connectivity index (χ1v) is 8.89. The predicted molar refractivity (Wildman–Crippen MR) is 98.2 cm³/mol. The van der Waals surface area contributed by atoms with E-state index in [1.165, 1.54) is 12.1 Å². The van der Waals surface area contributed by atoms with Crippen molar-refractivity contribution < 1.29 is 14.3 Å². The second-order valence-corrected chi connectivity index (χ2v) is 6.56. The number of halogens is 1. The van der Waals surface area contributed by atoms with Gasteiger partial charge in [0.15, 0.2) is 0 Å². The number of phenolic OH excluding ortho intramolecular Hbond substituents is 1. The van der Waals surface area contributed by atoms with Crippen molar-refractivity contribution in [3.63, 3.8) is 0 Å². The summed E-state index contributed by atoms with van der Waals surface area (Å²) >= 11 is 0. The lowest BCUT2D eigenvalue weighted by molar-refractivity contribution is 0.154. The number of rotatable bonds is 5. The molecule has 0 radical (unpaired) electrons. The minimum Gasteiger partial charge on any atom is -0.508 e. The normalized spacial score (nSPS) is 14.8. The van der Waals surface area contributed by atoms with Crippen LogP contribution in [-0.4, -0.2) is 35.2 Å². The molecule has 1 saturated heterocycles. The summed E-state index contributed by atoms with van der Waals surface area (Å²) in [5.74, 6) is -0.0772. The predicted octanol–water partition coefficient (Wildman–Crippen LogP) is 3.00. The fourth-order valence-corrected chi connectivity index (χ4v) is 3.16. The first-order valence-electron chi connectivity index (χ1n) is 8.89. The molecule has 2 amide bonds. The molecule has 1 heterocycles. The molecular weight excluding hydrogens is 333 g/mol. The van der Waals surface area contributed by atoms with E-state index in [2.05, 4.69) is 10.6 Å². The number of hydrogen-bond acceptors (Lipinski definition) is 3. The molecule has 1 aliphatic heterocycles. The largest absolute Gasteiger partial charge is 0.508 e. The molecule has 3 N–H and O–H groups in total. The second kappa shape index (κ2) is 8.67. The Bertz CT molecular complexity index is 713. The van der Waals surface area contributed by atoms with Crippen molar-refractivity contribution in [3.05, 3.63) is 65.5 Å². The molecule has 0 saturated carbocycles. The molecule has 2 aromatic carbocycles. The topological polar surface area (TPSA) is 64.6 Å². The number of nitrogens with zero attached hydrogens (tertiary/aromatic N) is 1. The Kier molecular flexibility index (Phi) is 6.07.